The van der Waals surface area contributed by atoms with E-state index in [-0.39, 0.29) is 5.56 Å². The zero-order chi connectivity index (χ0) is 15.9. The van der Waals surface area contributed by atoms with Crippen molar-refractivity contribution in [3.8, 4) is 11.1 Å². The smallest absolute Gasteiger partial charge is 0.203 e. The number of hydrogen-bond donors (Lipinski definition) is 0. The molecule has 0 saturated heterocycles. The Labute approximate surface area is 114 Å². The Morgan fingerprint density at radius 2 is 1.33 bits per heavy atom. The summed E-state index contributed by atoms with van der Waals surface area (Å²) in [6.07, 6.45) is -5.54. The lowest BCUT2D eigenvalue weighted by atomic mass is 9.99. The Balaban J connectivity index is 2.82. The van der Waals surface area contributed by atoms with E-state index in [1.165, 1.54) is 12.1 Å². The largest absolute Gasteiger partial charge is 0.422 e. The number of hydrogen-bond acceptors (Lipinski definition) is 0. The van der Waals surface area contributed by atoms with Crippen molar-refractivity contribution in [2.24, 2.45) is 0 Å². The van der Waals surface area contributed by atoms with Gasteiger partial charge in [-0.1, -0.05) is 29.8 Å². The minimum absolute atomic E-state index is 0.253. The molecule has 0 N–H and O–H groups in total. The summed E-state index contributed by atoms with van der Waals surface area (Å²) < 4.78 is 91.9. The average molecular weight is 308 g/mol. The monoisotopic (exact) mass is 308 g/mol. The topological polar surface area (TPSA) is 0 Å². The first-order valence-corrected chi connectivity index (χ1v) is 5.64. The number of aryl methyl sites for hydroxylation is 1. The lowest BCUT2D eigenvalue weighted by Crippen LogP contribution is -2.16. The standard InChI is InChI=1S/C14H7F7/c1-6-3-2-4-7(5-6)8-10(15)12(17)9(14(19,20)21)13(18)11(8)16/h2-5H,1H3. The van der Waals surface area contributed by atoms with Crippen molar-refractivity contribution in [3.05, 3.63) is 58.7 Å². The van der Waals surface area contributed by atoms with Gasteiger partial charge < -0.3 is 0 Å². The molecule has 0 nitrogen and oxygen atoms in total. The van der Waals surface area contributed by atoms with Crippen LogP contribution in [-0.4, -0.2) is 0 Å². The van der Waals surface area contributed by atoms with E-state index >= 15 is 0 Å². The fourth-order valence-corrected chi connectivity index (χ4v) is 1.93. The normalized spacial score (nSPS) is 11.8. The Kier molecular flexibility index (Phi) is 3.69. The maximum absolute atomic E-state index is 13.8. The molecule has 0 unspecified atom stereocenters. The first-order chi connectivity index (χ1) is 9.64. The molecule has 0 aliphatic heterocycles. The highest BCUT2D eigenvalue weighted by Crippen LogP contribution is 2.39. The molecule has 0 spiro atoms. The predicted octanol–water partition coefficient (Wildman–Crippen LogP) is 5.24. The molecule has 0 aromatic heterocycles. The fraction of sp³-hybridized carbons (Fsp3) is 0.143. The van der Waals surface area contributed by atoms with Gasteiger partial charge in [-0.3, -0.25) is 0 Å². The lowest BCUT2D eigenvalue weighted by Gasteiger charge is -2.14. The fourth-order valence-electron chi connectivity index (χ4n) is 1.93. The summed E-state index contributed by atoms with van der Waals surface area (Å²) in [5.74, 6) is -9.07. The van der Waals surface area contributed by atoms with Gasteiger partial charge in [-0.2, -0.15) is 13.2 Å². The van der Waals surface area contributed by atoms with Crippen molar-refractivity contribution >= 4 is 0 Å². The van der Waals surface area contributed by atoms with Crippen molar-refractivity contribution < 1.29 is 30.7 Å². The number of halogens is 7. The molecular weight excluding hydrogens is 301 g/mol. The molecule has 112 valence electrons. The Morgan fingerprint density at radius 1 is 0.810 bits per heavy atom. The molecule has 0 atom stereocenters. The Hall–Kier alpha value is -2.05. The highest BCUT2D eigenvalue weighted by Gasteiger charge is 2.42. The molecule has 0 amide bonds. The summed E-state index contributed by atoms with van der Waals surface area (Å²) in [6, 6.07) is 5.25. The minimum atomic E-state index is -5.54. The molecule has 2 aromatic rings. The molecule has 0 radical (unpaired) electrons. The van der Waals surface area contributed by atoms with E-state index in [1.54, 1.807) is 13.0 Å². The van der Waals surface area contributed by atoms with Gasteiger partial charge in [-0.15, -0.1) is 0 Å². The zero-order valence-electron chi connectivity index (χ0n) is 10.5. The lowest BCUT2D eigenvalue weighted by molar-refractivity contribution is -0.143. The predicted molar refractivity (Wildman–Crippen MR) is 61.4 cm³/mol. The summed E-state index contributed by atoms with van der Waals surface area (Å²) in [7, 11) is 0. The average Bonchev–Trinajstić information content (AvgIpc) is 2.35. The van der Waals surface area contributed by atoms with Gasteiger partial charge in [0.1, 0.15) is 5.56 Å². The van der Waals surface area contributed by atoms with Gasteiger partial charge >= 0.3 is 6.18 Å². The second-order valence-electron chi connectivity index (χ2n) is 4.37. The highest BCUT2D eigenvalue weighted by atomic mass is 19.4. The van der Waals surface area contributed by atoms with E-state index in [4.69, 9.17) is 0 Å². The molecule has 2 aromatic carbocycles. The van der Waals surface area contributed by atoms with Crippen LogP contribution in [0.25, 0.3) is 11.1 Å². The summed E-state index contributed by atoms with van der Waals surface area (Å²) in [5, 5.41) is 0. The molecule has 0 aliphatic rings. The van der Waals surface area contributed by atoms with Gasteiger partial charge in [-0.05, 0) is 12.5 Å². The van der Waals surface area contributed by atoms with E-state index in [0.717, 1.165) is 6.07 Å². The third-order valence-corrected chi connectivity index (χ3v) is 2.85. The third kappa shape index (κ3) is 2.59. The maximum atomic E-state index is 13.8. The van der Waals surface area contributed by atoms with E-state index in [9.17, 15) is 30.7 Å². The van der Waals surface area contributed by atoms with Crippen LogP contribution in [0.5, 0.6) is 0 Å². The summed E-state index contributed by atoms with van der Waals surface area (Å²) in [4.78, 5) is 0. The van der Waals surface area contributed by atoms with Crippen LogP contribution in [0.2, 0.25) is 0 Å². The van der Waals surface area contributed by atoms with E-state index in [2.05, 4.69) is 0 Å². The number of benzene rings is 2. The van der Waals surface area contributed by atoms with Crippen LogP contribution in [0.4, 0.5) is 30.7 Å². The zero-order valence-corrected chi connectivity index (χ0v) is 10.5. The Bertz CT molecular complexity index is 672. The maximum Gasteiger partial charge on any atom is 0.422 e. The van der Waals surface area contributed by atoms with Crippen molar-refractivity contribution in [2.75, 3.05) is 0 Å². The molecule has 7 heteroatoms. The molecule has 0 fully saturated rings. The first kappa shape index (κ1) is 15.3. The van der Waals surface area contributed by atoms with Crippen LogP contribution in [0, 0.1) is 30.2 Å². The van der Waals surface area contributed by atoms with Crippen LogP contribution in [-0.2, 0) is 6.18 Å². The van der Waals surface area contributed by atoms with Crippen LogP contribution in [0.3, 0.4) is 0 Å². The molecule has 2 rings (SSSR count). The van der Waals surface area contributed by atoms with E-state index in [0.29, 0.717) is 5.56 Å². The first-order valence-electron chi connectivity index (χ1n) is 5.64. The molecule has 0 bridgehead atoms. The molecule has 0 aliphatic carbocycles. The second kappa shape index (κ2) is 5.05. The van der Waals surface area contributed by atoms with Crippen LogP contribution >= 0.6 is 0 Å². The minimum Gasteiger partial charge on any atom is -0.203 e. The van der Waals surface area contributed by atoms with Crippen LogP contribution in [0.15, 0.2) is 24.3 Å². The van der Waals surface area contributed by atoms with Crippen molar-refractivity contribution in [3.63, 3.8) is 0 Å². The van der Waals surface area contributed by atoms with Crippen molar-refractivity contribution in [1.29, 1.82) is 0 Å². The van der Waals surface area contributed by atoms with Gasteiger partial charge in [0.05, 0.1) is 5.56 Å². The molecular formula is C14H7F7. The van der Waals surface area contributed by atoms with Gasteiger partial charge in [0.2, 0.25) is 0 Å². The van der Waals surface area contributed by atoms with E-state index in [1.807, 2.05) is 0 Å². The van der Waals surface area contributed by atoms with Crippen molar-refractivity contribution in [1.82, 2.24) is 0 Å². The van der Waals surface area contributed by atoms with Gasteiger partial charge in [0.15, 0.2) is 23.3 Å². The molecule has 21 heavy (non-hydrogen) atoms. The number of alkyl halides is 3. The number of rotatable bonds is 1. The SMILES string of the molecule is Cc1cccc(-c2c(F)c(F)c(C(F)(F)F)c(F)c2F)c1. The highest BCUT2D eigenvalue weighted by molar-refractivity contribution is 5.66. The summed E-state index contributed by atoms with van der Waals surface area (Å²) in [6.45, 7) is 1.55. The van der Waals surface area contributed by atoms with Crippen LogP contribution < -0.4 is 0 Å². The van der Waals surface area contributed by atoms with Gasteiger partial charge in [0, 0.05) is 0 Å². The third-order valence-electron chi connectivity index (χ3n) is 2.85. The molecule has 0 heterocycles. The summed E-state index contributed by atoms with van der Waals surface area (Å²) >= 11 is 0. The van der Waals surface area contributed by atoms with E-state index < -0.39 is 40.6 Å². The quantitative estimate of drug-likeness (QED) is 0.499. The second-order valence-corrected chi connectivity index (χ2v) is 4.37. The van der Waals surface area contributed by atoms with Gasteiger partial charge in [0.25, 0.3) is 0 Å². The summed E-state index contributed by atoms with van der Waals surface area (Å²) in [5.41, 5.74) is -3.47. The van der Waals surface area contributed by atoms with Crippen molar-refractivity contribution in [2.45, 2.75) is 13.1 Å². The Morgan fingerprint density at radius 3 is 1.76 bits per heavy atom. The van der Waals surface area contributed by atoms with Gasteiger partial charge in [-0.25, -0.2) is 17.6 Å². The molecule has 0 saturated carbocycles. The van der Waals surface area contributed by atoms with Crippen LogP contribution in [0.1, 0.15) is 11.1 Å².